The average molecular weight is 396 g/mol. The van der Waals surface area contributed by atoms with Gasteiger partial charge in [-0.3, -0.25) is 14.3 Å². The molecule has 1 aliphatic carbocycles. The maximum Gasteiger partial charge on any atom is 0.227 e. The van der Waals surface area contributed by atoms with Crippen LogP contribution in [0.5, 0.6) is 0 Å². The van der Waals surface area contributed by atoms with E-state index in [-0.39, 0.29) is 29.6 Å². The summed E-state index contributed by atoms with van der Waals surface area (Å²) in [5, 5.41) is 13.6. The average Bonchev–Trinajstić information content (AvgIpc) is 3.47. The highest BCUT2D eigenvalue weighted by molar-refractivity contribution is 5.92. The molecule has 7 heteroatoms. The van der Waals surface area contributed by atoms with Crippen LogP contribution in [-0.2, 0) is 23.2 Å². The number of aryl methyl sites for hydroxylation is 1. The summed E-state index contributed by atoms with van der Waals surface area (Å²) < 4.78 is 1.77. The Labute approximate surface area is 171 Å². The lowest BCUT2D eigenvalue weighted by atomic mass is 9.90. The van der Waals surface area contributed by atoms with E-state index in [1.807, 2.05) is 43.7 Å². The number of hydrogen-bond acceptors (Lipinski definition) is 4. The minimum atomic E-state index is -0.107. The zero-order valence-corrected chi connectivity index (χ0v) is 16.9. The maximum absolute atomic E-state index is 12.8. The van der Waals surface area contributed by atoms with E-state index in [1.54, 1.807) is 4.68 Å². The van der Waals surface area contributed by atoms with Crippen LogP contribution >= 0.6 is 0 Å². The smallest absolute Gasteiger partial charge is 0.227 e. The number of benzene rings is 1. The van der Waals surface area contributed by atoms with Crippen molar-refractivity contribution in [2.45, 2.75) is 38.1 Å². The summed E-state index contributed by atoms with van der Waals surface area (Å²) in [7, 11) is 1.89. The van der Waals surface area contributed by atoms with Crippen molar-refractivity contribution >= 4 is 17.5 Å². The Morgan fingerprint density at radius 1 is 1.21 bits per heavy atom. The first-order valence-corrected chi connectivity index (χ1v) is 10.5. The molecule has 1 aromatic carbocycles. The lowest BCUT2D eigenvalue weighted by molar-refractivity contribution is -0.125. The van der Waals surface area contributed by atoms with E-state index in [4.69, 9.17) is 0 Å². The predicted molar refractivity (Wildman–Crippen MR) is 111 cm³/mol. The molecule has 2 fully saturated rings. The zero-order chi connectivity index (χ0) is 20.2. The van der Waals surface area contributed by atoms with Crippen LogP contribution in [0.3, 0.4) is 0 Å². The number of amides is 2. The first kappa shape index (κ1) is 19.6. The van der Waals surface area contributed by atoms with Crippen LogP contribution in [-0.4, -0.2) is 34.7 Å². The largest absolute Gasteiger partial charge is 0.352 e. The third-order valence-corrected chi connectivity index (χ3v) is 6.09. The third-order valence-electron chi connectivity index (χ3n) is 6.09. The molecule has 0 unspecified atom stereocenters. The molecule has 0 spiro atoms. The molecule has 2 aromatic rings. The van der Waals surface area contributed by atoms with E-state index in [0.29, 0.717) is 13.1 Å². The van der Waals surface area contributed by atoms with Crippen LogP contribution < -0.4 is 16.0 Å². The molecule has 1 aliphatic heterocycles. The first-order chi connectivity index (χ1) is 14.1. The van der Waals surface area contributed by atoms with E-state index in [1.165, 1.54) is 0 Å². The van der Waals surface area contributed by atoms with E-state index in [2.05, 4.69) is 21.0 Å². The Morgan fingerprint density at radius 2 is 2.03 bits per heavy atom. The van der Waals surface area contributed by atoms with Gasteiger partial charge in [-0.1, -0.05) is 25.0 Å². The summed E-state index contributed by atoms with van der Waals surface area (Å²) in [6.45, 7) is 1.90. The molecule has 29 heavy (non-hydrogen) atoms. The number of hydrogen-bond donors (Lipinski definition) is 3. The Balaban J connectivity index is 1.33. The van der Waals surface area contributed by atoms with Crippen molar-refractivity contribution in [1.29, 1.82) is 0 Å². The number of aromatic nitrogens is 2. The van der Waals surface area contributed by atoms with Crippen molar-refractivity contribution < 1.29 is 9.59 Å². The molecular weight excluding hydrogens is 366 g/mol. The highest BCUT2D eigenvalue weighted by Gasteiger charge is 2.34. The van der Waals surface area contributed by atoms with Crippen molar-refractivity contribution in [1.82, 2.24) is 20.4 Å². The molecule has 1 aromatic heterocycles. The first-order valence-electron chi connectivity index (χ1n) is 10.5. The fourth-order valence-electron chi connectivity index (χ4n) is 4.45. The van der Waals surface area contributed by atoms with Crippen LogP contribution in [0.25, 0.3) is 0 Å². The maximum atomic E-state index is 12.8. The summed E-state index contributed by atoms with van der Waals surface area (Å²) in [5.74, 6) is 0.326. The molecule has 0 bridgehead atoms. The van der Waals surface area contributed by atoms with Crippen molar-refractivity contribution in [2.24, 2.45) is 18.9 Å². The van der Waals surface area contributed by atoms with Crippen LogP contribution in [0.2, 0.25) is 0 Å². The fourth-order valence-corrected chi connectivity index (χ4v) is 4.45. The van der Waals surface area contributed by atoms with Gasteiger partial charge in [0.1, 0.15) is 0 Å². The molecule has 1 saturated carbocycles. The Bertz CT molecular complexity index is 872. The standard InChI is InChI=1S/C22H29N5O2/c1-27-14-17(11-25-27)19-12-23-13-20(19)22(29)24-10-15-5-4-8-18(9-15)26-21(28)16-6-2-3-7-16/h4-5,8-9,11,14,16,19-20,23H,2-3,6-7,10,12-13H2,1H3,(H,24,29)(H,26,28)/t19-,20+/m1/s1. The van der Waals surface area contributed by atoms with Crippen molar-refractivity contribution in [3.05, 3.63) is 47.8 Å². The van der Waals surface area contributed by atoms with Gasteiger partial charge < -0.3 is 16.0 Å². The normalized spacial score (nSPS) is 22.0. The van der Waals surface area contributed by atoms with E-state index in [0.717, 1.165) is 49.0 Å². The van der Waals surface area contributed by atoms with Crippen LogP contribution in [0.4, 0.5) is 5.69 Å². The Kier molecular flexibility index (Phi) is 5.94. The number of carbonyl (C=O) groups excluding carboxylic acids is 2. The fraction of sp³-hybridized carbons (Fsp3) is 0.500. The molecule has 4 rings (SSSR count). The van der Waals surface area contributed by atoms with Gasteiger partial charge in [-0.05, 0) is 36.1 Å². The number of rotatable bonds is 6. The second kappa shape index (κ2) is 8.78. The zero-order valence-electron chi connectivity index (χ0n) is 16.9. The minimum absolute atomic E-state index is 0.0456. The van der Waals surface area contributed by atoms with Crippen LogP contribution in [0, 0.1) is 11.8 Å². The molecule has 7 nitrogen and oxygen atoms in total. The molecule has 2 heterocycles. The SMILES string of the molecule is Cn1cc([C@H]2CNC[C@@H]2C(=O)NCc2cccc(NC(=O)C3CCCC3)c2)cn1. The Hall–Kier alpha value is -2.67. The number of anilines is 1. The quantitative estimate of drug-likeness (QED) is 0.699. The van der Waals surface area contributed by atoms with E-state index in [9.17, 15) is 9.59 Å². The van der Waals surface area contributed by atoms with Gasteiger partial charge in [-0.2, -0.15) is 5.10 Å². The Morgan fingerprint density at radius 3 is 2.79 bits per heavy atom. The predicted octanol–water partition coefficient (Wildman–Crippen LogP) is 2.17. The highest BCUT2D eigenvalue weighted by atomic mass is 16.2. The summed E-state index contributed by atoms with van der Waals surface area (Å²) in [4.78, 5) is 25.1. The van der Waals surface area contributed by atoms with Gasteiger partial charge in [0.05, 0.1) is 12.1 Å². The third kappa shape index (κ3) is 4.67. The molecular formula is C22H29N5O2. The summed E-state index contributed by atoms with van der Waals surface area (Å²) in [5.41, 5.74) is 2.87. The number of nitrogens with one attached hydrogen (secondary N) is 3. The van der Waals surface area contributed by atoms with Gasteiger partial charge in [0.15, 0.2) is 0 Å². The molecule has 3 N–H and O–H groups in total. The second-order valence-corrected chi connectivity index (χ2v) is 8.21. The van der Waals surface area contributed by atoms with Crippen molar-refractivity contribution in [3.63, 3.8) is 0 Å². The van der Waals surface area contributed by atoms with Gasteiger partial charge in [0.2, 0.25) is 11.8 Å². The molecule has 0 radical (unpaired) electrons. The van der Waals surface area contributed by atoms with Crippen LogP contribution in [0.15, 0.2) is 36.7 Å². The van der Waals surface area contributed by atoms with Gasteiger partial charge in [0.25, 0.3) is 0 Å². The minimum Gasteiger partial charge on any atom is -0.352 e. The lowest BCUT2D eigenvalue weighted by Crippen LogP contribution is -2.34. The highest BCUT2D eigenvalue weighted by Crippen LogP contribution is 2.28. The monoisotopic (exact) mass is 395 g/mol. The molecule has 1 saturated heterocycles. The van der Waals surface area contributed by atoms with Crippen LogP contribution in [0.1, 0.15) is 42.7 Å². The van der Waals surface area contributed by atoms with Crippen molar-refractivity contribution in [2.75, 3.05) is 18.4 Å². The molecule has 2 amide bonds. The second-order valence-electron chi connectivity index (χ2n) is 8.21. The van der Waals surface area contributed by atoms with Crippen molar-refractivity contribution in [3.8, 4) is 0 Å². The van der Waals surface area contributed by atoms with E-state index >= 15 is 0 Å². The molecule has 2 aliphatic rings. The lowest BCUT2D eigenvalue weighted by Gasteiger charge is -2.17. The molecule has 2 atom stereocenters. The molecule has 154 valence electrons. The van der Waals surface area contributed by atoms with E-state index < -0.39 is 0 Å². The number of carbonyl (C=O) groups is 2. The summed E-state index contributed by atoms with van der Waals surface area (Å²) >= 11 is 0. The van der Waals surface area contributed by atoms with Gasteiger partial charge in [0, 0.05) is 50.4 Å². The van der Waals surface area contributed by atoms with Gasteiger partial charge in [-0.15, -0.1) is 0 Å². The topological polar surface area (TPSA) is 88.0 Å². The van der Waals surface area contributed by atoms with Gasteiger partial charge >= 0.3 is 0 Å². The number of nitrogens with zero attached hydrogens (tertiary/aromatic N) is 2. The summed E-state index contributed by atoms with van der Waals surface area (Å²) in [6, 6.07) is 7.73. The van der Waals surface area contributed by atoms with Gasteiger partial charge in [-0.25, -0.2) is 0 Å². The summed E-state index contributed by atoms with van der Waals surface area (Å²) in [6.07, 6.45) is 8.06.